The molecule has 0 aromatic carbocycles. The molecule has 1 aromatic heterocycles. The van der Waals surface area contributed by atoms with Crippen LogP contribution in [0.2, 0.25) is 0 Å². The summed E-state index contributed by atoms with van der Waals surface area (Å²) in [5, 5.41) is 3.11. The van der Waals surface area contributed by atoms with Crippen LogP contribution in [0.3, 0.4) is 0 Å². The van der Waals surface area contributed by atoms with Gasteiger partial charge in [0, 0.05) is 36.6 Å². The van der Waals surface area contributed by atoms with Crippen LogP contribution in [0.25, 0.3) is 0 Å². The normalized spacial score (nSPS) is 28.2. The molecule has 3 heterocycles. The van der Waals surface area contributed by atoms with Gasteiger partial charge in [0.05, 0.1) is 25.5 Å². The Balaban J connectivity index is 1.69. The Bertz CT molecular complexity index is 590. The molecule has 0 bridgehead atoms. The van der Waals surface area contributed by atoms with E-state index in [9.17, 15) is 8.42 Å². The maximum absolute atomic E-state index is 12.2. The van der Waals surface area contributed by atoms with E-state index in [0.717, 1.165) is 31.1 Å². The Labute approximate surface area is 136 Å². The first-order valence-corrected chi connectivity index (χ1v) is 10.2. The van der Waals surface area contributed by atoms with Crippen molar-refractivity contribution < 1.29 is 13.2 Å². The molecule has 2 aliphatic heterocycles. The first-order valence-electron chi connectivity index (χ1n) is 7.69. The van der Waals surface area contributed by atoms with Crippen molar-refractivity contribution in [2.45, 2.75) is 19.9 Å². The molecule has 1 aromatic rings. The first kappa shape index (κ1) is 16.3. The predicted octanol–water partition coefficient (Wildman–Crippen LogP) is 1.02. The number of sulfonamides is 1. The molecule has 1 spiro atoms. The number of aromatic nitrogens is 1. The van der Waals surface area contributed by atoms with Crippen molar-refractivity contribution in [3.8, 4) is 0 Å². The maximum Gasteiger partial charge on any atom is 0.213 e. The van der Waals surface area contributed by atoms with Gasteiger partial charge in [-0.2, -0.15) is 4.31 Å². The van der Waals surface area contributed by atoms with E-state index in [4.69, 9.17) is 4.74 Å². The summed E-state index contributed by atoms with van der Waals surface area (Å²) >= 11 is 1.67. The SMILES string of the molecule is CCS(=O)(=O)N1CCOCC2(CCN(Cc3nccs3)C2)C1. The molecule has 8 heteroatoms. The van der Waals surface area contributed by atoms with E-state index in [1.807, 2.05) is 11.6 Å². The molecule has 6 nitrogen and oxygen atoms in total. The number of hydrogen-bond donors (Lipinski definition) is 0. The third-order valence-electron chi connectivity index (χ3n) is 4.52. The van der Waals surface area contributed by atoms with E-state index in [1.165, 1.54) is 0 Å². The van der Waals surface area contributed by atoms with E-state index in [0.29, 0.717) is 26.3 Å². The van der Waals surface area contributed by atoms with Gasteiger partial charge in [0.25, 0.3) is 0 Å². The van der Waals surface area contributed by atoms with Crippen LogP contribution >= 0.6 is 11.3 Å². The van der Waals surface area contributed by atoms with Crippen LogP contribution in [-0.4, -0.2) is 67.8 Å². The fourth-order valence-electron chi connectivity index (χ4n) is 3.31. The molecule has 22 heavy (non-hydrogen) atoms. The third kappa shape index (κ3) is 3.51. The van der Waals surface area contributed by atoms with Gasteiger partial charge in [-0.05, 0) is 19.9 Å². The van der Waals surface area contributed by atoms with Crippen molar-refractivity contribution in [3.63, 3.8) is 0 Å². The first-order chi connectivity index (χ1) is 10.5. The topological polar surface area (TPSA) is 62.7 Å². The Hall–Kier alpha value is -0.540. The maximum atomic E-state index is 12.2. The van der Waals surface area contributed by atoms with E-state index in [1.54, 1.807) is 22.6 Å². The Morgan fingerprint density at radius 3 is 3.00 bits per heavy atom. The van der Waals surface area contributed by atoms with Crippen molar-refractivity contribution in [3.05, 3.63) is 16.6 Å². The molecule has 2 fully saturated rings. The van der Waals surface area contributed by atoms with Crippen LogP contribution in [0.5, 0.6) is 0 Å². The number of thiazole rings is 1. The highest BCUT2D eigenvalue weighted by Gasteiger charge is 2.43. The lowest BCUT2D eigenvalue weighted by Crippen LogP contribution is -2.43. The Morgan fingerprint density at radius 1 is 1.41 bits per heavy atom. The molecule has 0 radical (unpaired) electrons. The molecule has 3 rings (SSSR count). The highest BCUT2D eigenvalue weighted by Crippen LogP contribution is 2.35. The molecule has 0 N–H and O–H groups in total. The summed E-state index contributed by atoms with van der Waals surface area (Å²) in [4.78, 5) is 6.70. The summed E-state index contributed by atoms with van der Waals surface area (Å²) in [5.74, 6) is 0.159. The second kappa shape index (κ2) is 6.52. The molecular weight excluding hydrogens is 322 g/mol. The second-order valence-corrected chi connectivity index (χ2v) is 9.41. The predicted molar refractivity (Wildman–Crippen MR) is 86.3 cm³/mol. The zero-order chi connectivity index (χ0) is 15.6. The minimum absolute atomic E-state index is 0.0734. The zero-order valence-corrected chi connectivity index (χ0v) is 14.5. The fraction of sp³-hybridized carbons (Fsp3) is 0.786. The molecule has 0 amide bonds. The summed E-state index contributed by atoms with van der Waals surface area (Å²) in [6.45, 7) is 6.61. The third-order valence-corrected chi connectivity index (χ3v) is 7.12. The van der Waals surface area contributed by atoms with Gasteiger partial charge in [-0.1, -0.05) is 0 Å². The lowest BCUT2D eigenvalue weighted by atomic mass is 9.88. The highest BCUT2D eigenvalue weighted by atomic mass is 32.2. The van der Waals surface area contributed by atoms with E-state index < -0.39 is 10.0 Å². The number of ether oxygens (including phenoxy) is 1. The van der Waals surface area contributed by atoms with Gasteiger partial charge in [-0.3, -0.25) is 4.90 Å². The van der Waals surface area contributed by atoms with Crippen molar-refractivity contribution in [2.75, 3.05) is 45.1 Å². The molecule has 1 atom stereocenters. The van der Waals surface area contributed by atoms with Crippen LogP contribution < -0.4 is 0 Å². The zero-order valence-electron chi connectivity index (χ0n) is 12.9. The number of likely N-dealkylation sites (tertiary alicyclic amines) is 1. The van der Waals surface area contributed by atoms with Crippen LogP contribution in [-0.2, 0) is 21.3 Å². The summed E-state index contributed by atoms with van der Waals surface area (Å²) in [6.07, 6.45) is 2.81. The Kier molecular flexibility index (Phi) is 4.84. The van der Waals surface area contributed by atoms with Gasteiger partial charge >= 0.3 is 0 Å². The number of rotatable bonds is 4. The minimum atomic E-state index is -3.15. The Morgan fingerprint density at radius 2 is 2.27 bits per heavy atom. The lowest BCUT2D eigenvalue weighted by Gasteiger charge is -2.31. The summed E-state index contributed by atoms with van der Waals surface area (Å²) in [5.41, 5.74) is -0.0734. The quantitative estimate of drug-likeness (QED) is 0.815. The van der Waals surface area contributed by atoms with Crippen LogP contribution in [0, 0.1) is 5.41 Å². The summed E-state index contributed by atoms with van der Waals surface area (Å²) < 4.78 is 31.8. The fourth-order valence-corrected chi connectivity index (χ4v) is 5.15. The van der Waals surface area contributed by atoms with Crippen molar-refractivity contribution >= 4 is 21.4 Å². The van der Waals surface area contributed by atoms with Crippen molar-refractivity contribution in [1.82, 2.24) is 14.2 Å². The number of hydrogen-bond acceptors (Lipinski definition) is 6. The van der Waals surface area contributed by atoms with Gasteiger partial charge in [-0.15, -0.1) is 11.3 Å². The molecule has 1 unspecified atom stereocenters. The van der Waals surface area contributed by atoms with Crippen LogP contribution in [0.4, 0.5) is 0 Å². The van der Waals surface area contributed by atoms with E-state index >= 15 is 0 Å². The molecule has 2 aliphatic rings. The van der Waals surface area contributed by atoms with Gasteiger partial charge in [0.2, 0.25) is 10.0 Å². The summed E-state index contributed by atoms with van der Waals surface area (Å²) in [7, 11) is -3.15. The standard InChI is InChI=1S/C14H23N3O3S2/c1-2-22(18,19)17-6-7-20-12-14(11-17)3-5-16(10-14)9-13-15-4-8-21-13/h4,8H,2-3,5-7,9-12H2,1H3. The van der Waals surface area contributed by atoms with Gasteiger partial charge in [0.1, 0.15) is 5.01 Å². The van der Waals surface area contributed by atoms with Gasteiger partial charge in [-0.25, -0.2) is 13.4 Å². The van der Waals surface area contributed by atoms with Crippen molar-refractivity contribution in [2.24, 2.45) is 5.41 Å². The van der Waals surface area contributed by atoms with Gasteiger partial charge < -0.3 is 4.74 Å². The van der Waals surface area contributed by atoms with Crippen molar-refractivity contribution in [1.29, 1.82) is 0 Å². The summed E-state index contributed by atoms with van der Waals surface area (Å²) in [6, 6.07) is 0. The number of nitrogens with zero attached hydrogens (tertiary/aromatic N) is 3. The highest BCUT2D eigenvalue weighted by molar-refractivity contribution is 7.89. The molecular formula is C14H23N3O3S2. The molecule has 0 saturated carbocycles. The average Bonchev–Trinajstić information content (AvgIpc) is 3.07. The second-order valence-electron chi connectivity index (χ2n) is 6.17. The van der Waals surface area contributed by atoms with Crippen LogP contribution in [0.1, 0.15) is 18.4 Å². The monoisotopic (exact) mass is 345 g/mol. The lowest BCUT2D eigenvalue weighted by molar-refractivity contribution is 0.0721. The van der Waals surface area contributed by atoms with Gasteiger partial charge in [0.15, 0.2) is 0 Å². The minimum Gasteiger partial charge on any atom is -0.379 e. The largest absolute Gasteiger partial charge is 0.379 e. The molecule has 2 saturated heterocycles. The van der Waals surface area contributed by atoms with E-state index in [2.05, 4.69) is 9.88 Å². The van der Waals surface area contributed by atoms with E-state index in [-0.39, 0.29) is 11.2 Å². The smallest absolute Gasteiger partial charge is 0.213 e. The molecule has 0 aliphatic carbocycles. The average molecular weight is 345 g/mol. The van der Waals surface area contributed by atoms with Crippen LogP contribution in [0.15, 0.2) is 11.6 Å². The molecule has 124 valence electrons.